The van der Waals surface area contributed by atoms with Crippen LogP contribution in [0, 0.1) is 41.5 Å². The van der Waals surface area contributed by atoms with E-state index in [9.17, 15) is 20.4 Å². The Labute approximate surface area is 224 Å². The fraction of sp³-hybridized carbons (Fsp3) is 0.294. The standard InChI is InChI=1S/C34H36O4/c1-17-7-23-13-27-11-19(3)22(6)30(33(27)37)16-26-10-18(2)8-24(32(26)36)14-28-12-20(4)21(5)29(34(28)38)15-25(9-17)31(23)35/h7-12,35-38H,13-16H2,1-6H3. The van der Waals surface area contributed by atoms with Crippen LogP contribution in [0.1, 0.15) is 77.9 Å². The number of phenolic OH excluding ortho intramolecular Hbond substituents is 4. The number of benzene rings is 4. The van der Waals surface area contributed by atoms with Gasteiger partial charge in [-0.15, -0.1) is 0 Å². The molecule has 38 heavy (non-hydrogen) atoms. The number of aryl methyl sites for hydroxylation is 4. The molecule has 0 aliphatic heterocycles. The summed E-state index contributed by atoms with van der Waals surface area (Å²) in [6, 6.07) is 11.8. The zero-order valence-corrected chi connectivity index (χ0v) is 23.1. The highest BCUT2D eigenvalue weighted by Crippen LogP contribution is 2.40. The van der Waals surface area contributed by atoms with Gasteiger partial charge in [-0.3, -0.25) is 0 Å². The molecule has 0 atom stereocenters. The smallest absolute Gasteiger partial charge is 0.122 e. The summed E-state index contributed by atoms with van der Waals surface area (Å²) >= 11 is 0. The van der Waals surface area contributed by atoms with Crippen molar-refractivity contribution in [3.8, 4) is 23.0 Å². The molecular formula is C34H36O4. The number of hydrogen-bond acceptors (Lipinski definition) is 4. The summed E-state index contributed by atoms with van der Waals surface area (Å²) in [5, 5.41) is 45.7. The molecule has 0 aromatic heterocycles. The van der Waals surface area contributed by atoms with Gasteiger partial charge in [-0.05, 0) is 97.2 Å². The first kappa shape index (κ1) is 25.7. The van der Waals surface area contributed by atoms with Gasteiger partial charge < -0.3 is 20.4 Å². The monoisotopic (exact) mass is 508 g/mol. The fourth-order valence-corrected chi connectivity index (χ4v) is 6.00. The summed E-state index contributed by atoms with van der Waals surface area (Å²) < 4.78 is 0. The molecule has 4 aromatic rings. The summed E-state index contributed by atoms with van der Waals surface area (Å²) in [6.45, 7) is 12.1. The van der Waals surface area contributed by atoms with E-state index >= 15 is 0 Å². The molecular weight excluding hydrogens is 472 g/mol. The van der Waals surface area contributed by atoms with Gasteiger partial charge in [-0.2, -0.15) is 0 Å². The molecule has 4 N–H and O–H groups in total. The van der Waals surface area contributed by atoms with Crippen LogP contribution in [0.5, 0.6) is 23.0 Å². The van der Waals surface area contributed by atoms with Gasteiger partial charge >= 0.3 is 0 Å². The normalized spacial score (nSPS) is 13.0. The summed E-state index contributed by atoms with van der Waals surface area (Å²) in [5.74, 6) is 0.809. The lowest BCUT2D eigenvalue weighted by atomic mass is 9.86. The Bertz CT molecular complexity index is 1490. The number of rotatable bonds is 0. The van der Waals surface area contributed by atoms with E-state index in [1.165, 1.54) is 0 Å². The molecule has 4 aromatic carbocycles. The maximum atomic E-state index is 11.5. The minimum Gasteiger partial charge on any atom is -0.507 e. The molecule has 0 unspecified atom stereocenters. The molecule has 0 fully saturated rings. The maximum Gasteiger partial charge on any atom is 0.122 e. The first-order valence-electron chi connectivity index (χ1n) is 13.2. The average molecular weight is 509 g/mol. The van der Waals surface area contributed by atoms with Gasteiger partial charge in [0.05, 0.1) is 0 Å². The van der Waals surface area contributed by atoms with E-state index in [4.69, 9.17) is 0 Å². The zero-order valence-electron chi connectivity index (χ0n) is 23.1. The number of aromatic hydroxyl groups is 4. The molecule has 5 rings (SSSR count). The van der Waals surface area contributed by atoms with Gasteiger partial charge in [0.25, 0.3) is 0 Å². The third-order valence-corrected chi connectivity index (χ3v) is 8.37. The summed E-state index contributed by atoms with van der Waals surface area (Å²) in [7, 11) is 0. The number of phenols is 4. The molecule has 4 nitrogen and oxygen atoms in total. The van der Waals surface area contributed by atoms with Crippen molar-refractivity contribution >= 4 is 0 Å². The molecule has 0 heterocycles. The molecule has 4 heteroatoms. The second-order valence-electron chi connectivity index (χ2n) is 11.2. The molecule has 0 saturated carbocycles. The van der Waals surface area contributed by atoms with Crippen molar-refractivity contribution in [2.75, 3.05) is 0 Å². The molecule has 0 saturated heterocycles. The van der Waals surface area contributed by atoms with Crippen molar-refractivity contribution in [1.82, 2.24) is 0 Å². The topological polar surface area (TPSA) is 80.9 Å². The third-order valence-electron chi connectivity index (χ3n) is 8.37. The zero-order chi connectivity index (χ0) is 27.5. The molecule has 196 valence electrons. The van der Waals surface area contributed by atoms with Gasteiger partial charge in [-0.25, -0.2) is 0 Å². The van der Waals surface area contributed by atoms with Gasteiger partial charge in [0, 0.05) is 36.8 Å². The first-order chi connectivity index (χ1) is 17.9. The highest BCUT2D eigenvalue weighted by molar-refractivity contribution is 5.59. The highest BCUT2D eigenvalue weighted by Gasteiger charge is 2.22. The van der Waals surface area contributed by atoms with Gasteiger partial charge in [0.1, 0.15) is 23.0 Å². The number of fused-ring (bicyclic) bond motifs is 8. The summed E-state index contributed by atoms with van der Waals surface area (Å²) in [6.07, 6.45) is 1.50. The van der Waals surface area contributed by atoms with Crippen molar-refractivity contribution in [2.45, 2.75) is 67.2 Å². The molecule has 1 aliphatic rings. The first-order valence-corrected chi connectivity index (χ1v) is 13.2. The van der Waals surface area contributed by atoms with Crippen molar-refractivity contribution in [3.05, 3.63) is 114 Å². The lowest BCUT2D eigenvalue weighted by Crippen LogP contribution is -2.05. The lowest BCUT2D eigenvalue weighted by molar-refractivity contribution is 0.449. The van der Waals surface area contributed by atoms with Crippen LogP contribution in [0.15, 0.2) is 36.4 Å². The maximum absolute atomic E-state index is 11.5. The van der Waals surface area contributed by atoms with E-state index in [0.717, 1.165) is 77.9 Å². The van der Waals surface area contributed by atoms with Crippen LogP contribution in [0.3, 0.4) is 0 Å². The van der Waals surface area contributed by atoms with Crippen LogP contribution in [-0.4, -0.2) is 20.4 Å². The molecule has 0 spiro atoms. The Kier molecular flexibility index (Phi) is 6.38. The van der Waals surface area contributed by atoms with Crippen LogP contribution in [0.4, 0.5) is 0 Å². The minimum absolute atomic E-state index is 0.196. The van der Waals surface area contributed by atoms with E-state index in [2.05, 4.69) is 0 Å². The van der Waals surface area contributed by atoms with Crippen molar-refractivity contribution in [2.24, 2.45) is 0 Å². The molecule has 0 radical (unpaired) electrons. The van der Waals surface area contributed by atoms with Crippen molar-refractivity contribution < 1.29 is 20.4 Å². The lowest BCUT2D eigenvalue weighted by Gasteiger charge is -2.21. The van der Waals surface area contributed by atoms with E-state index in [-0.39, 0.29) is 23.0 Å². The Morgan fingerprint density at radius 2 is 0.684 bits per heavy atom. The molecule has 1 aliphatic carbocycles. The SMILES string of the molecule is Cc1cc2c(O)c(c1)Cc1c(C)c(C)cc(c1O)Cc1cc(C)cc(c1O)Cc1c(C)c(C)cc(c1O)C2. The van der Waals surface area contributed by atoms with Gasteiger partial charge in [-0.1, -0.05) is 47.5 Å². The van der Waals surface area contributed by atoms with Crippen LogP contribution in [0.2, 0.25) is 0 Å². The largest absolute Gasteiger partial charge is 0.507 e. The van der Waals surface area contributed by atoms with Crippen LogP contribution < -0.4 is 0 Å². The average Bonchev–Trinajstić information content (AvgIpc) is 2.85. The minimum atomic E-state index is 0.196. The second-order valence-corrected chi connectivity index (χ2v) is 11.2. The van der Waals surface area contributed by atoms with Crippen LogP contribution in [0.25, 0.3) is 0 Å². The van der Waals surface area contributed by atoms with E-state index in [0.29, 0.717) is 25.7 Å². The predicted molar refractivity (Wildman–Crippen MR) is 152 cm³/mol. The second kappa shape index (κ2) is 9.43. The van der Waals surface area contributed by atoms with E-state index in [1.54, 1.807) is 0 Å². The van der Waals surface area contributed by atoms with Gasteiger partial charge in [0.2, 0.25) is 0 Å². The predicted octanol–water partition coefficient (Wildman–Crippen LogP) is 7.04. The van der Waals surface area contributed by atoms with Crippen LogP contribution >= 0.6 is 0 Å². The Balaban J connectivity index is 1.83. The van der Waals surface area contributed by atoms with Gasteiger partial charge in [0.15, 0.2) is 0 Å². The Morgan fingerprint density at radius 1 is 0.395 bits per heavy atom. The highest BCUT2D eigenvalue weighted by atomic mass is 16.3. The Hall–Kier alpha value is -3.92. The van der Waals surface area contributed by atoms with Crippen molar-refractivity contribution in [1.29, 1.82) is 0 Å². The number of hydrogen-bond donors (Lipinski definition) is 4. The van der Waals surface area contributed by atoms with Crippen molar-refractivity contribution in [3.63, 3.8) is 0 Å². The fourth-order valence-electron chi connectivity index (χ4n) is 6.00. The van der Waals surface area contributed by atoms with E-state index in [1.807, 2.05) is 77.9 Å². The third kappa shape index (κ3) is 4.38. The summed E-state index contributed by atoms with van der Waals surface area (Å²) in [5.41, 5.74) is 12.1. The summed E-state index contributed by atoms with van der Waals surface area (Å²) in [4.78, 5) is 0. The molecule has 8 bridgehead atoms. The molecule has 0 amide bonds. The van der Waals surface area contributed by atoms with E-state index < -0.39 is 0 Å². The quantitative estimate of drug-likeness (QED) is 0.181. The Morgan fingerprint density at radius 3 is 1.03 bits per heavy atom. The van der Waals surface area contributed by atoms with Crippen LogP contribution in [-0.2, 0) is 25.7 Å².